The summed E-state index contributed by atoms with van der Waals surface area (Å²) in [7, 11) is 0. The zero-order chi connectivity index (χ0) is 22.8. The number of carbonyl (C=O) groups is 1. The van der Waals surface area contributed by atoms with E-state index in [0.717, 1.165) is 42.3 Å². The zero-order valence-electron chi connectivity index (χ0n) is 18.8. The average Bonchev–Trinajstić information content (AvgIpc) is 3.50. The van der Waals surface area contributed by atoms with Crippen LogP contribution in [0.2, 0.25) is 0 Å². The highest BCUT2D eigenvalue weighted by molar-refractivity contribution is 7.99. The number of rotatable bonds is 6. The lowest BCUT2D eigenvalue weighted by molar-refractivity contribution is -0.129. The fourth-order valence-electron chi connectivity index (χ4n) is 4.18. The van der Waals surface area contributed by atoms with Gasteiger partial charge in [-0.05, 0) is 48.6 Å². The Morgan fingerprint density at radius 1 is 1.12 bits per heavy atom. The number of piperidine rings is 1. The lowest BCUT2D eigenvalue weighted by Gasteiger charge is -2.31. The molecule has 5 rings (SSSR count). The van der Waals surface area contributed by atoms with Crippen LogP contribution in [0.25, 0.3) is 15.9 Å². The molecule has 33 heavy (non-hydrogen) atoms. The Bertz CT molecular complexity index is 1210. The van der Waals surface area contributed by atoms with Crippen molar-refractivity contribution in [1.29, 1.82) is 0 Å². The molecule has 0 N–H and O–H groups in total. The molecule has 0 atom stereocenters. The first-order chi connectivity index (χ1) is 16.1. The molecular formula is C25H27N5OS2. The van der Waals surface area contributed by atoms with E-state index < -0.39 is 0 Å². The van der Waals surface area contributed by atoms with Gasteiger partial charge in [-0.15, -0.1) is 21.5 Å². The number of hydrogen-bond donors (Lipinski definition) is 0. The van der Waals surface area contributed by atoms with Gasteiger partial charge in [0.05, 0.1) is 21.0 Å². The number of fused-ring (bicyclic) bond motifs is 1. The lowest BCUT2D eigenvalue weighted by atomic mass is 9.97. The van der Waals surface area contributed by atoms with Crippen LogP contribution in [0.5, 0.6) is 0 Å². The van der Waals surface area contributed by atoms with Gasteiger partial charge in [-0.3, -0.25) is 9.36 Å². The molecule has 1 aliphatic rings. The molecule has 0 unspecified atom stereocenters. The number of carbonyl (C=O) groups excluding carboxylic acids is 1. The summed E-state index contributed by atoms with van der Waals surface area (Å²) in [4.78, 5) is 19.7. The second-order valence-corrected chi connectivity index (χ2v) is 10.7. The van der Waals surface area contributed by atoms with Crippen molar-refractivity contribution >= 4 is 39.2 Å². The first-order valence-corrected chi connectivity index (χ1v) is 13.1. The number of benzene rings is 2. The molecule has 4 aromatic rings. The van der Waals surface area contributed by atoms with Crippen molar-refractivity contribution < 1.29 is 4.79 Å². The SMILES string of the molecule is CC(C)c1ccc(-n2cnnc2SCC(=O)N2CCC(c3nc4ccccc4s3)CC2)cc1. The topological polar surface area (TPSA) is 63.9 Å². The summed E-state index contributed by atoms with van der Waals surface area (Å²) < 4.78 is 3.19. The molecule has 0 bridgehead atoms. The zero-order valence-corrected chi connectivity index (χ0v) is 20.5. The predicted octanol–water partition coefficient (Wildman–Crippen LogP) is 5.50. The molecule has 0 radical (unpaired) electrons. The van der Waals surface area contributed by atoms with Gasteiger partial charge in [-0.2, -0.15) is 0 Å². The Morgan fingerprint density at radius 2 is 1.88 bits per heavy atom. The summed E-state index contributed by atoms with van der Waals surface area (Å²) in [5, 5.41) is 10.3. The molecular weight excluding hydrogens is 450 g/mol. The predicted molar refractivity (Wildman–Crippen MR) is 134 cm³/mol. The van der Waals surface area contributed by atoms with Crippen LogP contribution in [0.1, 0.15) is 49.1 Å². The summed E-state index contributed by atoms with van der Waals surface area (Å²) in [5.74, 6) is 1.46. The van der Waals surface area contributed by atoms with Gasteiger partial charge in [-0.1, -0.05) is 49.9 Å². The molecule has 2 aromatic carbocycles. The van der Waals surface area contributed by atoms with Crippen molar-refractivity contribution in [2.24, 2.45) is 0 Å². The molecule has 8 heteroatoms. The van der Waals surface area contributed by atoms with E-state index >= 15 is 0 Å². The van der Waals surface area contributed by atoms with Crippen molar-refractivity contribution in [3.05, 3.63) is 65.4 Å². The van der Waals surface area contributed by atoms with Crippen LogP contribution in [0.3, 0.4) is 0 Å². The fourth-order valence-corrected chi connectivity index (χ4v) is 6.15. The van der Waals surface area contributed by atoms with Gasteiger partial charge in [0.15, 0.2) is 5.16 Å². The van der Waals surface area contributed by atoms with Gasteiger partial charge in [0.1, 0.15) is 6.33 Å². The quantitative estimate of drug-likeness (QED) is 0.343. The summed E-state index contributed by atoms with van der Waals surface area (Å²) >= 11 is 3.24. The number of para-hydroxylation sites is 1. The fraction of sp³-hybridized carbons (Fsp3) is 0.360. The second kappa shape index (κ2) is 9.65. The molecule has 0 spiro atoms. The Labute approximate surface area is 202 Å². The van der Waals surface area contributed by atoms with Gasteiger partial charge in [0.2, 0.25) is 5.91 Å². The number of thioether (sulfide) groups is 1. The normalized spacial score (nSPS) is 14.9. The van der Waals surface area contributed by atoms with E-state index in [0.29, 0.717) is 17.6 Å². The molecule has 0 saturated carbocycles. The summed E-state index contributed by atoms with van der Waals surface area (Å²) in [6.45, 7) is 5.93. The molecule has 2 aromatic heterocycles. The molecule has 1 fully saturated rings. The van der Waals surface area contributed by atoms with E-state index in [1.807, 2.05) is 15.5 Å². The minimum absolute atomic E-state index is 0.160. The first kappa shape index (κ1) is 22.1. The van der Waals surface area contributed by atoms with Crippen LogP contribution in [0.15, 0.2) is 60.0 Å². The summed E-state index contributed by atoms with van der Waals surface area (Å²) in [5.41, 5.74) is 3.39. The van der Waals surface area contributed by atoms with Gasteiger partial charge in [-0.25, -0.2) is 4.98 Å². The van der Waals surface area contributed by atoms with E-state index in [1.54, 1.807) is 17.7 Å². The Hall–Kier alpha value is -2.71. The number of aromatic nitrogens is 4. The third-order valence-corrected chi connectivity index (χ3v) is 8.31. The molecule has 1 aliphatic heterocycles. The van der Waals surface area contributed by atoms with Gasteiger partial charge >= 0.3 is 0 Å². The Kier molecular flexibility index (Phi) is 6.46. The maximum absolute atomic E-state index is 12.9. The van der Waals surface area contributed by atoms with Crippen LogP contribution in [-0.2, 0) is 4.79 Å². The number of thiazole rings is 1. The Balaban J connectivity index is 1.17. The number of amides is 1. The number of likely N-dealkylation sites (tertiary alicyclic amines) is 1. The van der Waals surface area contributed by atoms with E-state index in [1.165, 1.54) is 27.0 Å². The summed E-state index contributed by atoms with van der Waals surface area (Å²) in [6, 6.07) is 16.7. The molecule has 0 aliphatic carbocycles. The Morgan fingerprint density at radius 3 is 2.61 bits per heavy atom. The molecule has 170 valence electrons. The highest BCUT2D eigenvalue weighted by atomic mass is 32.2. The van der Waals surface area contributed by atoms with Crippen molar-refractivity contribution in [2.75, 3.05) is 18.8 Å². The van der Waals surface area contributed by atoms with Gasteiger partial charge < -0.3 is 4.90 Å². The molecule has 1 amide bonds. The van der Waals surface area contributed by atoms with Gasteiger partial charge in [0, 0.05) is 24.7 Å². The van der Waals surface area contributed by atoms with E-state index in [4.69, 9.17) is 4.98 Å². The average molecular weight is 478 g/mol. The van der Waals surface area contributed by atoms with Crippen LogP contribution >= 0.6 is 23.1 Å². The van der Waals surface area contributed by atoms with Crippen LogP contribution in [0, 0.1) is 0 Å². The monoisotopic (exact) mass is 477 g/mol. The highest BCUT2D eigenvalue weighted by Gasteiger charge is 2.26. The van der Waals surface area contributed by atoms with Crippen molar-refractivity contribution in [1.82, 2.24) is 24.6 Å². The van der Waals surface area contributed by atoms with Crippen LogP contribution in [-0.4, -0.2) is 49.4 Å². The largest absolute Gasteiger partial charge is 0.342 e. The van der Waals surface area contributed by atoms with Crippen molar-refractivity contribution in [2.45, 2.75) is 43.7 Å². The smallest absolute Gasteiger partial charge is 0.233 e. The molecule has 1 saturated heterocycles. The molecule has 6 nitrogen and oxygen atoms in total. The van der Waals surface area contributed by atoms with Crippen LogP contribution < -0.4 is 0 Å². The second-order valence-electron chi connectivity index (χ2n) is 8.69. The highest BCUT2D eigenvalue weighted by Crippen LogP contribution is 2.34. The number of hydrogen-bond acceptors (Lipinski definition) is 6. The van der Waals surface area contributed by atoms with E-state index in [2.05, 4.69) is 66.5 Å². The lowest BCUT2D eigenvalue weighted by Crippen LogP contribution is -2.39. The van der Waals surface area contributed by atoms with Crippen molar-refractivity contribution in [3.63, 3.8) is 0 Å². The molecule has 3 heterocycles. The van der Waals surface area contributed by atoms with Crippen LogP contribution in [0.4, 0.5) is 0 Å². The van der Waals surface area contributed by atoms with E-state index in [9.17, 15) is 4.79 Å². The number of nitrogens with zero attached hydrogens (tertiary/aromatic N) is 5. The summed E-state index contributed by atoms with van der Waals surface area (Å²) in [6.07, 6.45) is 3.64. The van der Waals surface area contributed by atoms with E-state index in [-0.39, 0.29) is 5.91 Å². The minimum atomic E-state index is 0.160. The first-order valence-electron chi connectivity index (χ1n) is 11.3. The van der Waals surface area contributed by atoms with Gasteiger partial charge in [0.25, 0.3) is 0 Å². The minimum Gasteiger partial charge on any atom is -0.342 e. The maximum Gasteiger partial charge on any atom is 0.233 e. The third-order valence-electron chi connectivity index (χ3n) is 6.19. The standard InChI is InChI=1S/C25H27N5OS2/c1-17(2)18-7-9-20(10-8-18)30-16-26-28-25(30)32-15-23(31)29-13-11-19(12-14-29)24-27-21-5-3-4-6-22(21)33-24/h3-10,16-17,19H,11-15H2,1-2H3. The van der Waals surface area contributed by atoms with Crippen molar-refractivity contribution in [3.8, 4) is 5.69 Å². The third kappa shape index (κ3) is 4.82. The maximum atomic E-state index is 12.9.